The minimum atomic E-state index is -0.907. The molecule has 0 aromatic heterocycles. The highest BCUT2D eigenvalue weighted by molar-refractivity contribution is 6.52. The van der Waals surface area contributed by atoms with Gasteiger partial charge in [0.1, 0.15) is 11.5 Å². The Morgan fingerprint density at radius 3 is 1.28 bits per heavy atom. The molecule has 0 aliphatic carbocycles. The molecule has 0 fully saturated rings. The summed E-state index contributed by atoms with van der Waals surface area (Å²) in [5, 5.41) is 0. The maximum Gasteiger partial charge on any atom is 0.234 e. The third-order valence-electron chi connectivity index (χ3n) is 7.49. The van der Waals surface area contributed by atoms with Gasteiger partial charge in [0, 0.05) is 22.3 Å². The Morgan fingerprint density at radius 2 is 0.913 bits per heavy atom. The van der Waals surface area contributed by atoms with Gasteiger partial charge in [-0.1, -0.05) is 0 Å². The van der Waals surface area contributed by atoms with Crippen molar-refractivity contribution in [1.82, 2.24) is 0 Å². The van der Waals surface area contributed by atoms with E-state index >= 15 is 0 Å². The Labute approximate surface area is 262 Å². The van der Waals surface area contributed by atoms with E-state index in [2.05, 4.69) is 0 Å². The van der Waals surface area contributed by atoms with Gasteiger partial charge in [-0.2, -0.15) is 0 Å². The molecule has 0 N–H and O–H groups in total. The smallest absolute Gasteiger partial charge is 0.234 e. The molecule has 12 nitrogen and oxygen atoms in total. The number of Topliss-reactive ketones (excluding diaryl/α,β-unsaturated/α-hetero) is 4. The van der Waals surface area contributed by atoms with E-state index in [1.165, 1.54) is 77.0 Å². The normalized spacial score (nSPS) is 12.3. The topological polar surface area (TPSA) is 142 Å². The second-order valence-corrected chi connectivity index (χ2v) is 9.96. The zero-order chi connectivity index (χ0) is 32.5. The van der Waals surface area contributed by atoms with Crippen molar-refractivity contribution in [1.29, 1.82) is 0 Å². The van der Waals surface area contributed by atoms with E-state index in [9.17, 15) is 19.2 Å². The van der Waals surface area contributed by atoms with E-state index in [4.69, 9.17) is 37.9 Å². The number of carbonyl (C=O) groups is 4. The van der Waals surface area contributed by atoms with Crippen LogP contribution in [-0.2, 0) is 0 Å². The van der Waals surface area contributed by atoms with Crippen molar-refractivity contribution in [2.24, 2.45) is 0 Å². The second kappa shape index (κ2) is 12.2. The lowest BCUT2D eigenvalue weighted by Crippen LogP contribution is -2.18. The van der Waals surface area contributed by atoms with Gasteiger partial charge in [-0.05, 0) is 71.8 Å². The molecule has 2 aliphatic heterocycles. The van der Waals surface area contributed by atoms with Gasteiger partial charge in [-0.25, -0.2) is 0 Å². The monoisotopic (exact) mass is 626 g/mol. The molecule has 0 atom stereocenters. The summed E-state index contributed by atoms with van der Waals surface area (Å²) in [6.45, 7) is -0.132. The zero-order valence-corrected chi connectivity index (χ0v) is 25.1. The van der Waals surface area contributed by atoms with Crippen LogP contribution in [0.15, 0.2) is 60.7 Å². The minimum Gasteiger partial charge on any atom is -0.497 e. The Hall–Kier alpha value is -6.04. The molecular formula is C34H26O12. The first-order valence-electron chi connectivity index (χ1n) is 13.8. The maximum absolute atomic E-state index is 13.9. The van der Waals surface area contributed by atoms with Crippen LogP contribution in [0.2, 0.25) is 0 Å². The lowest BCUT2D eigenvalue weighted by atomic mass is 9.88. The zero-order valence-electron chi connectivity index (χ0n) is 25.1. The summed E-state index contributed by atoms with van der Waals surface area (Å²) in [7, 11) is 5.62. The Morgan fingerprint density at radius 1 is 0.500 bits per heavy atom. The van der Waals surface area contributed by atoms with Crippen LogP contribution in [0.1, 0.15) is 41.4 Å². The molecule has 12 heteroatoms. The van der Waals surface area contributed by atoms with Crippen molar-refractivity contribution in [3.05, 3.63) is 82.9 Å². The Kier molecular flexibility index (Phi) is 7.93. The Bertz CT molecular complexity index is 1790. The summed E-state index contributed by atoms with van der Waals surface area (Å²) < 4.78 is 43.0. The molecule has 0 unspecified atom stereocenters. The standard InChI is InChI=1S/C34H26O12/c1-39-19-5-7-21(23(13-19)31(37)29(35)17-9-25(41-3)33-27(11-17)43-15-45-33)22-8-6-20(40-2)14-24(22)32(38)30(36)18-10-26(42-4)34-28(12-18)44-16-46-34/h5-14H,15-16H2,1-4H3. The van der Waals surface area contributed by atoms with Crippen LogP contribution in [0.25, 0.3) is 11.1 Å². The Balaban J connectivity index is 1.44. The van der Waals surface area contributed by atoms with Crippen molar-refractivity contribution < 1.29 is 57.1 Å². The second-order valence-electron chi connectivity index (χ2n) is 9.96. The molecule has 0 amide bonds. The van der Waals surface area contributed by atoms with Crippen molar-refractivity contribution in [3.8, 4) is 57.1 Å². The van der Waals surface area contributed by atoms with Gasteiger partial charge in [0.05, 0.1) is 28.4 Å². The van der Waals surface area contributed by atoms with Crippen molar-refractivity contribution in [2.45, 2.75) is 0 Å². The summed E-state index contributed by atoms with van der Waals surface area (Å²) in [4.78, 5) is 55.1. The summed E-state index contributed by atoms with van der Waals surface area (Å²) in [6, 6.07) is 14.6. The van der Waals surface area contributed by atoms with Crippen LogP contribution in [0, 0.1) is 0 Å². The largest absolute Gasteiger partial charge is 0.497 e. The number of ketones is 4. The van der Waals surface area contributed by atoms with Crippen molar-refractivity contribution in [2.75, 3.05) is 42.0 Å². The van der Waals surface area contributed by atoms with E-state index in [1.54, 1.807) is 12.1 Å². The third-order valence-corrected chi connectivity index (χ3v) is 7.49. The molecule has 4 aromatic rings. The fourth-order valence-electron chi connectivity index (χ4n) is 5.17. The number of methoxy groups -OCH3 is 4. The number of rotatable bonds is 11. The third kappa shape index (κ3) is 5.19. The average Bonchev–Trinajstić information content (AvgIpc) is 3.79. The summed E-state index contributed by atoms with van der Waals surface area (Å²) in [5.41, 5.74) is 0.258. The van der Waals surface area contributed by atoms with E-state index in [0.717, 1.165) is 0 Å². The number of hydrogen-bond acceptors (Lipinski definition) is 12. The molecule has 0 radical (unpaired) electrons. The number of ether oxygens (including phenoxy) is 8. The molecular weight excluding hydrogens is 600 g/mol. The molecule has 46 heavy (non-hydrogen) atoms. The molecule has 0 spiro atoms. The quantitative estimate of drug-likeness (QED) is 0.164. The van der Waals surface area contributed by atoms with E-state index in [0.29, 0.717) is 11.5 Å². The number of fused-ring (bicyclic) bond motifs is 2. The number of benzene rings is 4. The first kappa shape index (κ1) is 30.0. The van der Waals surface area contributed by atoms with Gasteiger partial charge in [-0.15, -0.1) is 0 Å². The highest BCUT2D eigenvalue weighted by Gasteiger charge is 2.31. The molecule has 6 rings (SSSR count). The molecule has 234 valence electrons. The van der Waals surface area contributed by atoms with Crippen LogP contribution < -0.4 is 37.9 Å². The van der Waals surface area contributed by atoms with E-state index in [-0.39, 0.29) is 81.5 Å². The summed E-state index contributed by atoms with van der Waals surface area (Å²) in [5.74, 6) is -1.41. The van der Waals surface area contributed by atoms with Gasteiger partial charge < -0.3 is 37.9 Å². The first-order chi connectivity index (χ1) is 22.3. The first-order valence-corrected chi connectivity index (χ1v) is 13.8. The SMILES string of the molecule is COc1ccc(-c2ccc(OC)cc2C(=O)C(=O)c2cc(OC)c3c(c2)OCO3)c(C(=O)C(=O)c2cc(OC)c3c(c2)OCO3)c1. The summed E-state index contributed by atoms with van der Waals surface area (Å²) in [6.07, 6.45) is 0. The van der Waals surface area contributed by atoms with Crippen LogP contribution in [-0.4, -0.2) is 65.2 Å². The van der Waals surface area contributed by atoms with Crippen LogP contribution >= 0.6 is 0 Å². The molecule has 2 aliphatic rings. The highest BCUT2D eigenvalue weighted by Crippen LogP contribution is 2.44. The molecule has 2 heterocycles. The van der Waals surface area contributed by atoms with Crippen molar-refractivity contribution >= 4 is 23.1 Å². The van der Waals surface area contributed by atoms with Gasteiger partial charge in [0.2, 0.25) is 48.2 Å². The predicted molar refractivity (Wildman–Crippen MR) is 161 cm³/mol. The molecule has 4 aromatic carbocycles. The van der Waals surface area contributed by atoms with Crippen LogP contribution in [0.5, 0.6) is 46.0 Å². The predicted octanol–water partition coefficient (Wildman–Crippen LogP) is 4.98. The van der Waals surface area contributed by atoms with Gasteiger partial charge in [0.25, 0.3) is 0 Å². The minimum absolute atomic E-state index is 0.00201. The van der Waals surface area contributed by atoms with E-state index < -0.39 is 23.1 Å². The van der Waals surface area contributed by atoms with Crippen molar-refractivity contribution in [3.63, 3.8) is 0 Å². The molecule has 0 bridgehead atoms. The summed E-state index contributed by atoms with van der Waals surface area (Å²) >= 11 is 0. The lowest BCUT2D eigenvalue weighted by molar-refractivity contribution is 0.0815. The fourth-order valence-corrected chi connectivity index (χ4v) is 5.17. The van der Waals surface area contributed by atoms with E-state index in [1.807, 2.05) is 0 Å². The number of hydrogen-bond donors (Lipinski definition) is 0. The fraction of sp³-hybridized carbons (Fsp3) is 0.176. The van der Waals surface area contributed by atoms with Gasteiger partial charge >= 0.3 is 0 Å². The molecule has 0 saturated heterocycles. The maximum atomic E-state index is 13.9. The van der Waals surface area contributed by atoms with Crippen LogP contribution in [0.4, 0.5) is 0 Å². The van der Waals surface area contributed by atoms with Gasteiger partial charge in [-0.3, -0.25) is 19.2 Å². The average molecular weight is 627 g/mol. The highest BCUT2D eigenvalue weighted by atomic mass is 16.7. The lowest BCUT2D eigenvalue weighted by Gasteiger charge is -2.15. The molecule has 0 saturated carbocycles. The number of carbonyl (C=O) groups excluding carboxylic acids is 4. The van der Waals surface area contributed by atoms with Gasteiger partial charge in [0.15, 0.2) is 23.0 Å². The van der Waals surface area contributed by atoms with Crippen LogP contribution in [0.3, 0.4) is 0 Å².